The minimum Gasteiger partial charge on any atom is -0.493 e. The Bertz CT molecular complexity index is 884. The number of benzene rings is 2. The van der Waals surface area contributed by atoms with Crippen LogP contribution in [-0.2, 0) is 11.3 Å². The number of carbonyl (C=O) groups is 1. The molecule has 0 spiro atoms. The van der Waals surface area contributed by atoms with Crippen molar-refractivity contribution >= 4 is 11.6 Å². The molecule has 1 heterocycles. The molecular formula is C27H38N2O3. The highest BCUT2D eigenvalue weighted by Gasteiger charge is 2.31. The summed E-state index contributed by atoms with van der Waals surface area (Å²) in [5, 5.41) is 0. The fourth-order valence-electron chi connectivity index (χ4n) is 4.37. The van der Waals surface area contributed by atoms with Gasteiger partial charge in [0.2, 0.25) is 5.91 Å². The van der Waals surface area contributed by atoms with E-state index in [-0.39, 0.29) is 17.9 Å². The zero-order valence-electron chi connectivity index (χ0n) is 20.4. The zero-order chi connectivity index (χ0) is 23.3. The lowest BCUT2D eigenvalue weighted by atomic mass is 9.98. The first-order chi connectivity index (χ1) is 15.3. The highest BCUT2D eigenvalue weighted by molar-refractivity contribution is 5.95. The van der Waals surface area contributed by atoms with Crippen LogP contribution in [0.25, 0.3) is 0 Å². The molecule has 0 unspecified atom stereocenters. The van der Waals surface area contributed by atoms with Gasteiger partial charge in [-0.3, -0.25) is 9.69 Å². The van der Waals surface area contributed by atoms with Crippen LogP contribution in [-0.4, -0.2) is 44.2 Å². The molecule has 0 saturated carbocycles. The number of rotatable bonds is 8. The molecular weight excluding hydrogens is 400 g/mol. The average Bonchev–Trinajstić information content (AvgIpc) is 2.80. The van der Waals surface area contributed by atoms with E-state index in [1.807, 2.05) is 36.9 Å². The molecule has 1 saturated heterocycles. The van der Waals surface area contributed by atoms with Gasteiger partial charge in [-0.05, 0) is 42.0 Å². The average molecular weight is 439 g/mol. The molecule has 32 heavy (non-hydrogen) atoms. The third kappa shape index (κ3) is 5.63. The third-order valence-corrected chi connectivity index (χ3v) is 6.35. The number of hydrogen-bond donors (Lipinski definition) is 0. The maximum atomic E-state index is 13.2. The molecule has 0 bridgehead atoms. The number of amides is 1. The molecule has 0 aromatic heterocycles. The first-order valence-corrected chi connectivity index (χ1v) is 11.7. The van der Waals surface area contributed by atoms with Crippen LogP contribution in [0, 0.1) is 5.92 Å². The summed E-state index contributed by atoms with van der Waals surface area (Å²) < 4.78 is 10.9. The van der Waals surface area contributed by atoms with Crippen LogP contribution in [0.1, 0.15) is 57.6 Å². The summed E-state index contributed by atoms with van der Waals surface area (Å²) in [7, 11) is 3.25. The van der Waals surface area contributed by atoms with Crippen molar-refractivity contribution in [2.24, 2.45) is 5.92 Å². The number of nitrogens with zero attached hydrogens (tertiary/aromatic N) is 2. The lowest BCUT2D eigenvalue weighted by molar-refractivity contribution is -0.122. The molecule has 5 heteroatoms. The molecule has 1 aliphatic heterocycles. The Morgan fingerprint density at radius 3 is 2.12 bits per heavy atom. The largest absolute Gasteiger partial charge is 0.493 e. The maximum Gasteiger partial charge on any atom is 0.229 e. The first kappa shape index (κ1) is 24.1. The van der Waals surface area contributed by atoms with Gasteiger partial charge in [0.15, 0.2) is 11.5 Å². The van der Waals surface area contributed by atoms with E-state index in [0.29, 0.717) is 17.4 Å². The van der Waals surface area contributed by atoms with E-state index in [1.54, 1.807) is 14.2 Å². The molecule has 0 aliphatic carbocycles. The highest BCUT2D eigenvalue weighted by atomic mass is 16.5. The fourth-order valence-corrected chi connectivity index (χ4v) is 4.37. The fraction of sp³-hybridized carbons (Fsp3) is 0.519. The quantitative estimate of drug-likeness (QED) is 0.547. The molecule has 3 rings (SSSR count). The summed E-state index contributed by atoms with van der Waals surface area (Å²) in [6, 6.07) is 14.9. The van der Waals surface area contributed by atoms with E-state index in [4.69, 9.17) is 9.47 Å². The minimum atomic E-state index is -0.0689. The van der Waals surface area contributed by atoms with Gasteiger partial charge < -0.3 is 14.4 Å². The maximum absolute atomic E-state index is 13.2. The van der Waals surface area contributed by atoms with Crippen molar-refractivity contribution in [1.82, 2.24) is 4.90 Å². The van der Waals surface area contributed by atoms with Gasteiger partial charge in [-0.1, -0.05) is 52.0 Å². The highest BCUT2D eigenvalue weighted by Crippen LogP contribution is 2.34. The molecule has 1 amide bonds. The number of carbonyl (C=O) groups excluding carboxylic acids is 1. The minimum absolute atomic E-state index is 0.0689. The predicted molar refractivity (Wildman–Crippen MR) is 131 cm³/mol. The zero-order valence-corrected chi connectivity index (χ0v) is 20.4. The third-order valence-electron chi connectivity index (χ3n) is 6.35. The Morgan fingerprint density at radius 1 is 0.969 bits per heavy atom. The van der Waals surface area contributed by atoms with Gasteiger partial charge in [-0.25, -0.2) is 0 Å². The van der Waals surface area contributed by atoms with Crippen molar-refractivity contribution in [1.29, 1.82) is 0 Å². The topological polar surface area (TPSA) is 42.0 Å². The molecule has 1 fully saturated rings. The van der Waals surface area contributed by atoms with Gasteiger partial charge in [-0.2, -0.15) is 0 Å². The van der Waals surface area contributed by atoms with Gasteiger partial charge in [0.1, 0.15) is 0 Å². The smallest absolute Gasteiger partial charge is 0.229 e. The van der Waals surface area contributed by atoms with Crippen LogP contribution in [0.15, 0.2) is 42.5 Å². The van der Waals surface area contributed by atoms with Gasteiger partial charge in [0.25, 0.3) is 0 Å². The number of ether oxygens (including phenoxy) is 2. The van der Waals surface area contributed by atoms with E-state index in [9.17, 15) is 4.79 Å². The number of anilines is 1. The Balaban J connectivity index is 1.71. The first-order valence-electron chi connectivity index (χ1n) is 11.7. The second-order valence-electron chi connectivity index (χ2n) is 9.31. The van der Waals surface area contributed by atoms with Crippen molar-refractivity contribution in [2.45, 2.75) is 59.0 Å². The second-order valence-corrected chi connectivity index (χ2v) is 9.31. The Hall–Kier alpha value is -2.53. The van der Waals surface area contributed by atoms with Gasteiger partial charge in [0, 0.05) is 43.3 Å². The molecule has 2 aromatic carbocycles. The molecule has 0 atom stereocenters. The summed E-state index contributed by atoms with van der Waals surface area (Å²) >= 11 is 0. The van der Waals surface area contributed by atoms with Crippen LogP contribution >= 0.6 is 0 Å². The molecule has 5 nitrogen and oxygen atoms in total. The van der Waals surface area contributed by atoms with Gasteiger partial charge in [0.05, 0.1) is 14.2 Å². The second kappa shape index (κ2) is 10.9. The van der Waals surface area contributed by atoms with Crippen molar-refractivity contribution < 1.29 is 14.3 Å². The summed E-state index contributed by atoms with van der Waals surface area (Å²) in [6.07, 6.45) is 1.91. The van der Waals surface area contributed by atoms with E-state index >= 15 is 0 Å². The molecule has 0 N–H and O–H groups in total. The normalized spacial score (nSPS) is 15.2. The van der Waals surface area contributed by atoms with E-state index in [1.165, 1.54) is 11.1 Å². The summed E-state index contributed by atoms with van der Waals surface area (Å²) in [4.78, 5) is 17.7. The summed E-state index contributed by atoms with van der Waals surface area (Å²) in [5.41, 5.74) is 3.61. The van der Waals surface area contributed by atoms with Crippen molar-refractivity contribution in [2.75, 3.05) is 32.2 Å². The van der Waals surface area contributed by atoms with Crippen LogP contribution in [0.2, 0.25) is 0 Å². The Kier molecular flexibility index (Phi) is 8.19. The van der Waals surface area contributed by atoms with Crippen LogP contribution in [0.4, 0.5) is 5.69 Å². The van der Waals surface area contributed by atoms with E-state index in [2.05, 4.69) is 43.0 Å². The van der Waals surface area contributed by atoms with Crippen LogP contribution in [0.3, 0.4) is 0 Å². The Labute approximate surface area is 193 Å². The lowest BCUT2D eigenvalue weighted by Crippen LogP contribution is -2.48. The monoisotopic (exact) mass is 438 g/mol. The van der Waals surface area contributed by atoms with Crippen LogP contribution in [0.5, 0.6) is 11.5 Å². The summed E-state index contributed by atoms with van der Waals surface area (Å²) in [5.74, 6) is 1.96. The van der Waals surface area contributed by atoms with Crippen LogP contribution < -0.4 is 14.4 Å². The number of likely N-dealkylation sites (tertiary alicyclic amines) is 1. The van der Waals surface area contributed by atoms with Gasteiger partial charge in [-0.15, -0.1) is 0 Å². The number of piperidine rings is 1. The van der Waals surface area contributed by atoms with E-state index in [0.717, 1.165) is 38.2 Å². The molecule has 1 aliphatic rings. The molecule has 0 radical (unpaired) electrons. The molecule has 2 aromatic rings. The molecule has 174 valence electrons. The number of methoxy groups -OCH3 is 2. The van der Waals surface area contributed by atoms with Crippen molar-refractivity contribution in [3.05, 3.63) is 53.6 Å². The predicted octanol–water partition coefficient (Wildman–Crippen LogP) is 5.48. The lowest BCUT2D eigenvalue weighted by Gasteiger charge is -2.39. The standard InChI is InChI=1S/C27H38N2O3/c1-19(2)22-9-7-21(8-10-22)18-28-15-13-23(14-16-28)29(27(30)20(3)4)24-11-12-25(31-5)26(17-24)32-6/h7-12,17,19-20,23H,13-16,18H2,1-6H3. The van der Waals surface area contributed by atoms with Crippen molar-refractivity contribution in [3.8, 4) is 11.5 Å². The summed E-state index contributed by atoms with van der Waals surface area (Å²) in [6.45, 7) is 11.3. The van der Waals surface area contributed by atoms with Crippen molar-refractivity contribution in [3.63, 3.8) is 0 Å². The number of hydrogen-bond acceptors (Lipinski definition) is 4. The van der Waals surface area contributed by atoms with E-state index < -0.39 is 0 Å². The van der Waals surface area contributed by atoms with Gasteiger partial charge >= 0.3 is 0 Å². The Morgan fingerprint density at radius 2 is 1.59 bits per heavy atom. The SMILES string of the molecule is COc1ccc(N(C(=O)C(C)C)C2CCN(Cc3ccc(C(C)C)cc3)CC2)cc1OC.